The smallest absolute Gasteiger partial charge is 0.0606 e. The van der Waals surface area contributed by atoms with E-state index < -0.39 is 0 Å². The molecule has 1 fully saturated rings. The van der Waals surface area contributed by atoms with E-state index in [9.17, 15) is 0 Å². The monoisotopic (exact) mass is 293 g/mol. The van der Waals surface area contributed by atoms with Crippen molar-refractivity contribution < 1.29 is 0 Å². The first-order chi connectivity index (χ1) is 8.24. The summed E-state index contributed by atoms with van der Waals surface area (Å²) in [5.41, 5.74) is 0.966. The molecule has 0 unspecified atom stereocenters. The summed E-state index contributed by atoms with van der Waals surface area (Å²) in [5, 5.41) is 0. The van der Waals surface area contributed by atoms with Crippen LogP contribution in [0.3, 0.4) is 0 Å². The zero-order valence-corrected chi connectivity index (χ0v) is 11.6. The zero-order chi connectivity index (χ0) is 12.1. The molecule has 90 valence electrons. The molecule has 2 rings (SSSR count). The van der Waals surface area contributed by atoms with Crippen LogP contribution in [0.15, 0.2) is 22.9 Å². The molecule has 17 heavy (non-hydrogen) atoms. The number of aromatic nitrogens is 1. The Bertz CT molecular complexity index is 428. The number of piperazine rings is 1. The highest BCUT2D eigenvalue weighted by Crippen LogP contribution is 2.08. The second kappa shape index (κ2) is 6.15. The summed E-state index contributed by atoms with van der Waals surface area (Å²) in [6.45, 7) is 5.35. The highest BCUT2D eigenvalue weighted by atomic mass is 79.9. The van der Waals surface area contributed by atoms with Gasteiger partial charge >= 0.3 is 0 Å². The van der Waals surface area contributed by atoms with Gasteiger partial charge in [0.15, 0.2) is 0 Å². The largest absolute Gasteiger partial charge is 0.304 e. The lowest BCUT2D eigenvalue weighted by Crippen LogP contribution is -2.44. The van der Waals surface area contributed by atoms with Crippen molar-refractivity contribution in [3.05, 3.63) is 28.5 Å². The summed E-state index contributed by atoms with van der Waals surface area (Å²) in [5.74, 6) is 6.36. The molecule has 1 aliphatic rings. The van der Waals surface area contributed by atoms with E-state index in [1.165, 1.54) is 0 Å². The molecule has 1 saturated heterocycles. The van der Waals surface area contributed by atoms with Crippen LogP contribution in [0.25, 0.3) is 0 Å². The Morgan fingerprint density at radius 1 is 1.29 bits per heavy atom. The number of hydrogen-bond donors (Lipinski definition) is 0. The van der Waals surface area contributed by atoms with Crippen LogP contribution < -0.4 is 0 Å². The van der Waals surface area contributed by atoms with Gasteiger partial charge in [0.25, 0.3) is 0 Å². The van der Waals surface area contributed by atoms with Crippen molar-refractivity contribution in [2.45, 2.75) is 0 Å². The molecule has 0 aliphatic carbocycles. The number of nitrogens with zero attached hydrogens (tertiary/aromatic N) is 3. The Hall–Kier alpha value is -0.890. The molecule has 4 heteroatoms. The third-order valence-corrected chi connectivity index (χ3v) is 3.27. The number of pyridine rings is 1. The minimum Gasteiger partial charge on any atom is -0.304 e. The van der Waals surface area contributed by atoms with Crippen molar-refractivity contribution in [3.63, 3.8) is 0 Å². The van der Waals surface area contributed by atoms with Gasteiger partial charge in [-0.3, -0.25) is 9.88 Å². The molecule has 3 nitrogen and oxygen atoms in total. The van der Waals surface area contributed by atoms with E-state index in [0.29, 0.717) is 0 Å². The van der Waals surface area contributed by atoms with E-state index in [-0.39, 0.29) is 0 Å². The average Bonchev–Trinajstić information content (AvgIpc) is 2.32. The molecule has 0 radical (unpaired) electrons. The molecule has 0 spiro atoms. The van der Waals surface area contributed by atoms with Crippen LogP contribution in [0, 0.1) is 11.8 Å². The quantitative estimate of drug-likeness (QED) is 0.731. The highest BCUT2D eigenvalue weighted by molar-refractivity contribution is 9.10. The highest BCUT2D eigenvalue weighted by Gasteiger charge is 2.11. The molecular formula is C13H16BrN3. The number of hydrogen-bond acceptors (Lipinski definition) is 3. The Kier molecular flexibility index (Phi) is 4.55. The van der Waals surface area contributed by atoms with Crippen LogP contribution >= 0.6 is 15.9 Å². The number of rotatable bonds is 1. The summed E-state index contributed by atoms with van der Waals surface area (Å²) >= 11 is 3.39. The van der Waals surface area contributed by atoms with E-state index in [4.69, 9.17) is 0 Å². The summed E-state index contributed by atoms with van der Waals surface area (Å²) in [4.78, 5) is 8.83. The average molecular weight is 294 g/mol. The van der Waals surface area contributed by atoms with Crippen molar-refractivity contribution >= 4 is 15.9 Å². The van der Waals surface area contributed by atoms with Gasteiger partial charge in [-0.15, -0.1) is 0 Å². The first-order valence-corrected chi connectivity index (χ1v) is 6.53. The molecule has 1 aromatic rings. The van der Waals surface area contributed by atoms with Gasteiger partial charge in [-0.1, -0.05) is 11.8 Å². The van der Waals surface area contributed by atoms with E-state index >= 15 is 0 Å². The fraction of sp³-hybridized carbons (Fsp3) is 0.462. The molecule has 2 heterocycles. The van der Waals surface area contributed by atoms with Gasteiger partial charge in [0.05, 0.1) is 6.54 Å². The second-order valence-electron chi connectivity index (χ2n) is 4.27. The Labute approximate surface area is 111 Å². The van der Waals surface area contributed by atoms with E-state index in [1.807, 2.05) is 6.07 Å². The normalized spacial score (nSPS) is 17.5. The fourth-order valence-corrected chi connectivity index (χ4v) is 2.10. The van der Waals surface area contributed by atoms with Crippen LogP contribution in [0.4, 0.5) is 0 Å². The van der Waals surface area contributed by atoms with Crippen LogP contribution in [0.2, 0.25) is 0 Å². The van der Waals surface area contributed by atoms with Crippen molar-refractivity contribution in [2.75, 3.05) is 39.8 Å². The lowest BCUT2D eigenvalue weighted by molar-refractivity contribution is 0.168. The second-order valence-corrected chi connectivity index (χ2v) is 5.19. The Morgan fingerprint density at radius 2 is 2.06 bits per heavy atom. The minimum absolute atomic E-state index is 0.848. The number of halogens is 1. The van der Waals surface area contributed by atoms with Crippen molar-refractivity contribution in [1.29, 1.82) is 0 Å². The van der Waals surface area contributed by atoms with Crippen LogP contribution in [-0.2, 0) is 0 Å². The predicted molar refractivity (Wildman–Crippen MR) is 72.8 cm³/mol. The summed E-state index contributed by atoms with van der Waals surface area (Å²) in [7, 11) is 2.16. The lowest BCUT2D eigenvalue weighted by Gasteiger charge is -2.30. The first kappa shape index (κ1) is 12.6. The lowest BCUT2D eigenvalue weighted by atomic mass is 10.3. The standard InChI is InChI=1S/C13H16BrN3/c1-16-5-7-17(8-6-16)4-2-3-12-9-13(14)11-15-10-12/h9-11H,4-8H2,1H3. The Balaban J connectivity index is 1.86. The maximum Gasteiger partial charge on any atom is 0.0606 e. The van der Waals surface area contributed by atoms with Crippen molar-refractivity contribution in [3.8, 4) is 11.8 Å². The van der Waals surface area contributed by atoms with Gasteiger partial charge in [-0.05, 0) is 29.0 Å². The maximum absolute atomic E-state index is 4.09. The third kappa shape index (κ3) is 4.12. The summed E-state index contributed by atoms with van der Waals surface area (Å²) < 4.78 is 0.976. The van der Waals surface area contributed by atoms with E-state index in [0.717, 1.165) is 42.8 Å². The van der Waals surface area contributed by atoms with Crippen LogP contribution in [0.1, 0.15) is 5.56 Å². The van der Waals surface area contributed by atoms with Gasteiger partial charge in [0.2, 0.25) is 0 Å². The molecule has 0 bridgehead atoms. The molecule has 0 aromatic carbocycles. The topological polar surface area (TPSA) is 19.4 Å². The molecule has 1 aromatic heterocycles. The fourth-order valence-electron chi connectivity index (χ4n) is 1.74. The van der Waals surface area contributed by atoms with Gasteiger partial charge in [-0.25, -0.2) is 0 Å². The molecule has 1 aliphatic heterocycles. The van der Waals surface area contributed by atoms with Gasteiger partial charge < -0.3 is 4.90 Å². The summed E-state index contributed by atoms with van der Waals surface area (Å²) in [6, 6.07) is 1.99. The molecule has 0 amide bonds. The zero-order valence-electron chi connectivity index (χ0n) is 9.99. The van der Waals surface area contributed by atoms with Gasteiger partial charge in [0.1, 0.15) is 0 Å². The Morgan fingerprint density at radius 3 is 2.76 bits per heavy atom. The predicted octanol–water partition coefficient (Wildman–Crippen LogP) is 1.44. The SMILES string of the molecule is CN1CCN(CC#Cc2cncc(Br)c2)CC1. The number of likely N-dealkylation sites (N-methyl/N-ethyl adjacent to an activating group) is 1. The maximum atomic E-state index is 4.09. The van der Waals surface area contributed by atoms with Crippen molar-refractivity contribution in [1.82, 2.24) is 14.8 Å². The minimum atomic E-state index is 0.848. The summed E-state index contributed by atoms with van der Waals surface area (Å²) in [6.07, 6.45) is 3.56. The van der Waals surface area contributed by atoms with Gasteiger partial charge in [-0.2, -0.15) is 0 Å². The molecule has 0 saturated carbocycles. The van der Waals surface area contributed by atoms with Crippen LogP contribution in [-0.4, -0.2) is 54.6 Å². The molecular weight excluding hydrogens is 278 g/mol. The molecule has 0 atom stereocenters. The third-order valence-electron chi connectivity index (χ3n) is 2.84. The first-order valence-electron chi connectivity index (χ1n) is 5.74. The van der Waals surface area contributed by atoms with E-state index in [1.54, 1.807) is 12.4 Å². The van der Waals surface area contributed by atoms with E-state index in [2.05, 4.69) is 49.6 Å². The van der Waals surface area contributed by atoms with Gasteiger partial charge in [0, 0.05) is 48.6 Å². The molecule has 0 N–H and O–H groups in total. The van der Waals surface area contributed by atoms with Crippen molar-refractivity contribution in [2.24, 2.45) is 0 Å². The van der Waals surface area contributed by atoms with Crippen LogP contribution in [0.5, 0.6) is 0 Å².